The molecule has 0 amide bonds. The average Bonchev–Trinajstić information content (AvgIpc) is 2.68. The first-order valence-electron chi connectivity index (χ1n) is 9.10. The van der Waals surface area contributed by atoms with E-state index in [9.17, 15) is 13.7 Å². The fraction of sp³-hybridized carbons (Fsp3) is 0.381. The second kappa shape index (κ2) is 8.22. The third-order valence-electron chi connectivity index (χ3n) is 4.99. The molecular formula is C21H24N2O3S. The van der Waals surface area contributed by atoms with E-state index >= 15 is 0 Å². The van der Waals surface area contributed by atoms with Gasteiger partial charge in [0, 0.05) is 12.5 Å². The second-order valence-corrected chi connectivity index (χ2v) is 9.34. The van der Waals surface area contributed by atoms with Crippen LogP contribution in [0.1, 0.15) is 37.3 Å². The first-order chi connectivity index (χ1) is 12.9. The number of hydrogen-bond donors (Lipinski definition) is 1. The number of nitrogens with one attached hydrogen (secondary N) is 1. The molecule has 1 aliphatic heterocycles. The van der Waals surface area contributed by atoms with Crippen LogP contribution in [0.15, 0.2) is 48.5 Å². The lowest BCUT2D eigenvalue weighted by Gasteiger charge is -2.33. The number of rotatable bonds is 5. The van der Waals surface area contributed by atoms with E-state index in [0.29, 0.717) is 18.8 Å². The Morgan fingerprint density at radius 1 is 1.15 bits per heavy atom. The van der Waals surface area contributed by atoms with Crippen molar-refractivity contribution < 1.29 is 13.2 Å². The minimum Gasteiger partial charge on any atom is -0.380 e. The van der Waals surface area contributed by atoms with Gasteiger partial charge in [0.1, 0.15) is 0 Å². The molecule has 6 heteroatoms. The molecule has 1 N–H and O–H groups in total. The van der Waals surface area contributed by atoms with Crippen LogP contribution in [-0.4, -0.2) is 32.9 Å². The molecule has 0 aromatic heterocycles. The number of hydrogen-bond acceptors (Lipinski definition) is 4. The normalized spacial score (nSPS) is 20.4. The summed E-state index contributed by atoms with van der Waals surface area (Å²) in [6.07, 6.45) is 0.763. The van der Waals surface area contributed by atoms with Crippen molar-refractivity contribution in [3.63, 3.8) is 0 Å². The van der Waals surface area contributed by atoms with Crippen LogP contribution in [0.3, 0.4) is 0 Å². The van der Waals surface area contributed by atoms with Gasteiger partial charge >= 0.3 is 0 Å². The highest BCUT2D eigenvalue weighted by Gasteiger charge is 2.31. The Morgan fingerprint density at radius 3 is 2.52 bits per heavy atom. The lowest BCUT2D eigenvalue weighted by Crippen LogP contribution is -2.47. The van der Waals surface area contributed by atoms with Gasteiger partial charge in [0.05, 0.1) is 29.5 Å². The van der Waals surface area contributed by atoms with Gasteiger partial charge in [-0.15, -0.1) is 0 Å². The third kappa shape index (κ3) is 4.38. The van der Waals surface area contributed by atoms with Crippen LogP contribution < -0.4 is 4.72 Å². The van der Waals surface area contributed by atoms with Gasteiger partial charge in [-0.25, -0.2) is 13.1 Å². The Labute approximate surface area is 161 Å². The molecule has 1 saturated heterocycles. The zero-order valence-corrected chi connectivity index (χ0v) is 16.4. The molecule has 0 spiro atoms. The summed E-state index contributed by atoms with van der Waals surface area (Å²) in [6.45, 7) is 4.32. The summed E-state index contributed by atoms with van der Waals surface area (Å²) in [5.41, 5.74) is 3.59. The number of benzene rings is 2. The maximum Gasteiger partial charge on any atom is 0.214 e. The number of nitriles is 1. The van der Waals surface area contributed by atoms with Crippen LogP contribution in [0, 0.1) is 11.3 Å². The minimum absolute atomic E-state index is 0.0625. The van der Waals surface area contributed by atoms with Crippen molar-refractivity contribution in [1.82, 2.24) is 4.72 Å². The van der Waals surface area contributed by atoms with Gasteiger partial charge < -0.3 is 4.74 Å². The average molecular weight is 385 g/mol. The van der Waals surface area contributed by atoms with E-state index in [-0.39, 0.29) is 12.0 Å². The molecule has 2 aromatic rings. The maximum atomic E-state index is 12.3. The van der Waals surface area contributed by atoms with Crippen LogP contribution >= 0.6 is 0 Å². The van der Waals surface area contributed by atoms with Crippen molar-refractivity contribution in [2.24, 2.45) is 0 Å². The van der Waals surface area contributed by atoms with Crippen LogP contribution in [0.25, 0.3) is 11.1 Å². The number of ether oxygens (including phenoxy) is 1. The van der Waals surface area contributed by atoms with Crippen LogP contribution in [0.5, 0.6) is 0 Å². The van der Waals surface area contributed by atoms with E-state index in [1.807, 2.05) is 42.5 Å². The van der Waals surface area contributed by atoms with Crippen LogP contribution in [0.4, 0.5) is 0 Å². The fourth-order valence-corrected chi connectivity index (χ4v) is 4.27. The van der Waals surface area contributed by atoms with Gasteiger partial charge in [-0.05, 0) is 43.0 Å². The lowest BCUT2D eigenvalue weighted by atomic mass is 9.87. The molecule has 27 heavy (non-hydrogen) atoms. The largest absolute Gasteiger partial charge is 0.380 e. The van der Waals surface area contributed by atoms with E-state index in [2.05, 4.69) is 10.8 Å². The van der Waals surface area contributed by atoms with E-state index in [4.69, 9.17) is 4.74 Å². The highest BCUT2D eigenvalue weighted by Crippen LogP contribution is 2.31. The molecule has 2 atom stereocenters. The second-order valence-electron chi connectivity index (χ2n) is 7.07. The summed E-state index contributed by atoms with van der Waals surface area (Å²) >= 11 is 0. The monoisotopic (exact) mass is 384 g/mol. The van der Waals surface area contributed by atoms with E-state index in [1.165, 1.54) is 0 Å². The Morgan fingerprint density at radius 2 is 1.85 bits per heavy atom. The van der Waals surface area contributed by atoms with Crippen LogP contribution in [0.2, 0.25) is 0 Å². The fourth-order valence-electron chi connectivity index (χ4n) is 3.34. The van der Waals surface area contributed by atoms with Crippen molar-refractivity contribution in [2.45, 2.75) is 37.5 Å². The highest BCUT2D eigenvalue weighted by atomic mass is 32.2. The Hall–Kier alpha value is -2.20. The molecule has 2 aromatic carbocycles. The van der Waals surface area contributed by atoms with Crippen LogP contribution in [-0.2, 0) is 14.8 Å². The Kier molecular flexibility index (Phi) is 5.95. The molecule has 0 aliphatic carbocycles. The summed E-state index contributed by atoms with van der Waals surface area (Å²) in [4.78, 5) is 0. The van der Waals surface area contributed by atoms with Crippen molar-refractivity contribution in [3.05, 3.63) is 59.7 Å². The smallest absolute Gasteiger partial charge is 0.214 e. The van der Waals surface area contributed by atoms with Gasteiger partial charge in [0.2, 0.25) is 10.0 Å². The number of nitrogens with zero attached hydrogens (tertiary/aromatic N) is 1. The Bertz CT molecular complexity index is 931. The van der Waals surface area contributed by atoms with E-state index in [0.717, 1.165) is 23.1 Å². The molecule has 1 fully saturated rings. The van der Waals surface area contributed by atoms with Gasteiger partial charge in [-0.3, -0.25) is 0 Å². The first-order valence-corrected chi connectivity index (χ1v) is 10.7. The van der Waals surface area contributed by atoms with Gasteiger partial charge in [-0.2, -0.15) is 5.26 Å². The molecule has 0 bridgehead atoms. The zero-order valence-electron chi connectivity index (χ0n) is 15.6. The molecule has 1 heterocycles. The zero-order chi connectivity index (χ0) is 19.4. The van der Waals surface area contributed by atoms with E-state index in [1.54, 1.807) is 19.9 Å². The Balaban J connectivity index is 1.85. The van der Waals surface area contributed by atoms with Gasteiger partial charge in [0.15, 0.2) is 0 Å². The molecule has 5 nitrogen and oxygen atoms in total. The standard InChI is InChI=1S/C21H24N2O3S/c1-15(2)27(24,25)23-21-14-26-12-11-20(21)17-9-7-16(8-10-17)19-6-4-3-5-18(19)13-22/h3-10,15,20-21,23H,11-12,14H2,1-2H3/t20-,21+/m0/s1. The molecule has 142 valence electrons. The number of sulfonamides is 1. The summed E-state index contributed by atoms with van der Waals surface area (Å²) in [6, 6.07) is 17.5. The topological polar surface area (TPSA) is 79.2 Å². The molecular weight excluding hydrogens is 360 g/mol. The molecule has 1 aliphatic rings. The van der Waals surface area contributed by atoms with E-state index < -0.39 is 15.3 Å². The summed E-state index contributed by atoms with van der Waals surface area (Å²) in [5.74, 6) is 0.0625. The van der Waals surface area contributed by atoms with Crippen molar-refractivity contribution in [2.75, 3.05) is 13.2 Å². The summed E-state index contributed by atoms with van der Waals surface area (Å²) in [7, 11) is -3.36. The minimum atomic E-state index is -3.36. The van der Waals surface area contributed by atoms with Crippen molar-refractivity contribution >= 4 is 10.0 Å². The predicted molar refractivity (Wildman–Crippen MR) is 106 cm³/mol. The third-order valence-corrected chi connectivity index (χ3v) is 6.86. The maximum absolute atomic E-state index is 12.3. The SMILES string of the molecule is CC(C)S(=O)(=O)N[C@@H]1COCC[C@H]1c1ccc(-c2ccccc2C#N)cc1. The predicted octanol–water partition coefficient (Wildman–Crippen LogP) is 3.43. The molecule has 0 unspecified atom stereocenters. The quantitative estimate of drug-likeness (QED) is 0.857. The van der Waals surface area contributed by atoms with Gasteiger partial charge in [-0.1, -0.05) is 42.5 Å². The first kappa shape index (κ1) is 19.6. The lowest BCUT2D eigenvalue weighted by molar-refractivity contribution is 0.0644. The molecule has 0 radical (unpaired) electrons. The van der Waals surface area contributed by atoms with Crippen molar-refractivity contribution in [1.29, 1.82) is 5.26 Å². The molecule has 3 rings (SSSR count). The van der Waals surface area contributed by atoms with Gasteiger partial charge in [0.25, 0.3) is 0 Å². The molecule has 0 saturated carbocycles. The summed E-state index contributed by atoms with van der Waals surface area (Å²) in [5, 5.41) is 8.82. The summed E-state index contributed by atoms with van der Waals surface area (Å²) < 4.78 is 32.9. The highest BCUT2D eigenvalue weighted by molar-refractivity contribution is 7.90. The van der Waals surface area contributed by atoms with Crippen molar-refractivity contribution in [3.8, 4) is 17.2 Å².